The maximum absolute atomic E-state index is 4.62. The minimum Gasteiger partial charge on any atom is -0.313 e. The second-order valence-electron chi connectivity index (χ2n) is 5.02. The molecule has 19 heavy (non-hydrogen) atoms. The Bertz CT molecular complexity index is 516. The highest BCUT2D eigenvalue weighted by atomic mass is 15.3. The molecule has 2 rings (SSSR count). The average molecular weight is 258 g/mol. The Hall–Kier alpha value is -1.68. The summed E-state index contributed by atoms with van der Waals surface area (Å²) in [6.07, 6.45) is 6.86. The molecular weight excluding hydrogens is 236 g/mol. The van der Waals surface area contributed by atoms with E-state index in [1.54, 1.807) is 0 Å². The van der Waals surface area contributed by atoms with Crippen LogP contribution in [0.3, 0.4) is 0 Å². The molecule has 4 nitrogen and oxygen atoms in total. The van der Waals surface area contributed by atoms with Gasteiger partial charge in [-0.1, -0.05) is 20.8 Å². The maximum atomic E-state index is 4.62. The fourth-order valence-corrected chi connectivity index (χ4v) is 1.95. The number of rotatable bonds is 6. The molecule has 0 radical (unpaired) electrons. The van der Waals surface area contributed by atoms with E-state index < -0.39 is 0 Å². The third kappa shape index (κ3) is 3.41. The molecule has 0 fully saturated rings. The smallest absolute Gasteiger partial charge is 0.0873 e. The molecule has 0 bridgehead atoms. The van der Waals surface area contributed by atoms with Crippen molar-refractivity contribution in [1.29, 1.82) is 0 Å². The molecular formula is C15H22N4. The molecule has 0 saturated heterocycles. The Morgan fingerprint density at radius 2 is 2.16 bits per heavy atom. The second-order valence-corrected chi connectivity index (χ2v) is 5.02. The number of nitrogens with zero attached hydrogens (tertiary/aromatic N) is 3. The lowest BCUT2D eigenvalue weighted by Gasteiger charge is -2.09. The van der Waals surface area contributed by atoms with Crippen molar-refractivity contribution in [3.8, 4) is 5.69 Å². The first-order valence-corrected chi connectivity index (χ1v) is 6.92. The molecule has 102 valence electrons. The van der Waals surface area contributed by atoms with Crippen molar-refractivity contribution >= 4 is 0 Å². The van der Waals surface area contributed by atoms with Gasteiger partial charge in [-0.15, -0.1) is 0 Å². The van der Waals surface area contributed by atoms with E-state index in [0.717, 1.165) is 30.9 Å². The number of nitrogens with one attached hydrogen (secondary N) is 1. The van der Waals surface area contributed by atoms with Crippen LogP contribution in [0.2, 0.25) is 0 Å². The van der Waals surface area contributed by atoms with Gasteiger partial charge < -0.3 is 5.32 Å². The van der Waals surface area contributed by atoms with Gasteiger partial charge in [-0.25, -0.2) is 4.68 Å². The first-order valence-electron chi connectivity index (χ1n) is 6.92. The lowest BCUT2D eigenvalue weighted by molar-refractivity contribution is 0.667. The predicted molar refractivity (Wildman–Crippen MR) is 77.4 cm³/mol. The highest BCUT2D eigenvalue weighted by Crippen LogP contribution is 2.16. The summed E-state index contributed by atoms with van der Waals surface area (Å²) >= 11 is 0. The third-order valence-electron chi connectivity index (χ3n) is 3.08. The van der Waals surface area contributed by atoms with Gasteiger partial charge in [0.05, 0.1) is 17.6 Å². The van der Waals surface area contributed by atoms with E-state index >= 15 is 0 Å². The Labute approximate surface area is 114 Å². The molecule has 0 aliphatic heterocycles. The van der Waals surface area contributed by atoms with Gasteiger partial charge in [-0.3, -0.25) is 4.98 Å². The summed E-state index contributed by atoms with van der Waals surface area (Å²) in [4.78, 5) is 4.22. The van der Waals surface area contributed by atoms with E-state index in [4.69, 9.17) is 0 Å². The lowest BCUT2D eigenvalue weighted by Crippen LogP contribution is -2.16. The molecule has 4 heteroatoms. The average Bonchev–Trinajstić information content (AvgIpc) is 2.89. The summed E-state index contributed by atoms with van der Waals surface area (Å²) in [7, 11) is 0. The van der Waals surface area contributed by atoms with E-state index in [9.17, 15) is 0 Å². The highest BCUT2D eigenvalue weighted by Gasteiger charge is 2.08. The van der Waals surface area contributed by atoms with Gasteiger partial charge in [-0.05, 0) is 36.6 Å². The van der Waals surface area contributed by atoms with Crippen molar-refractivity contribution in [2.45, 2.75) is 39.7 Å². The molecule has 0 atom stereocenters. The molecule has 0 amide bonds. The molecule has 2 aromatic heterocycles. The molecule has 1 N–H and O–H groups in total. The van der Waals surface area contributed by atoms with Crippen LogP contribution < -0.4 is 5.32 Å². The number of pyridine rings is 1. The normalized spacial score (nSPS) is 11.2. The number of aromatic nitrogens is 3. The van der Waals surface area contributed by atoms with Crippen molar-refractivity contribution in [3.05, 3.63) is 42.0 Å². The van der Waals surface area contributed by atoms with Crippen LogP contribution in [-0.4, -0.2) is 21.3 Å². The Morgan fingerprint density at radius 1 is 1.32 bits per heavy atom. The topological polar surface area (TPSA) is 42.7 Å². The van der Waals surface area contributed by atoms with Crippen molar-refractivity contribution in [2.24, 2.45) is 0 Å². The fourth-order valence-electron chi connectivity index (χ4n) is 1.95. The summed E-state index contributed by atoms with van der Waals surface area (Å²) < 4.78 is 1.92. The Kier molecular flexibility index (Phi) is 4.68. The van der Waals surface area contributed by atoms with Gasteiger partial charge in [-0.2, -0.15) is 5.10 Å². The molecule has 0 aromatic carbocycles. The van der Waals surface area contributed by atoms with Crippen LogP contribution in [0.5, 0.6) is 0 Å². The third-order valence-corrected chi connectivity index (χ3v) is 3.08. The maximum Gasteiger partial charge on any atom is 0.0873 e. The second kappa shape index (κ2) is 6.48. The molecule has 2 heterocycles. The van der Waals surface area contributed by atoms with Crippen LogP contribution in [0.4, 0.5) is 0 Å². The van der Waals surface area contributed by atoms with Crippen LogP contribution in [0.15, 0.2) is 30.7 Å². The van der Waals surface area contributed by atoms with Crippen LogP contribution in [-0.2, 0) is 6.54 Å². The Balaban J connectivity index is 2.22. The molecule has 0 saturated carbocycles. The van der Waals surface area contributed by atoms with Crippen LogP contribution in [0, 0.1) is 0 Å². The number of hydrogen-bond donors (Lipinski definition) is 1. The van der Waals surface area contributed by atoms with Gasteiger partial charge in [0, 0.05) is 18.9 Å². The minimum absolute atomic E-state index is 0.444. The standard InChI is InChI=1S/C15H22N4/c1-4-7-16-10-13-5-8-17-11-15(13)19-9-6-14(18-19)12(2)3/h5-6,8-9,11-12,16H,4,7,10H2,1-3H3. The molecule has 0 aliphatic carbocycles. The summed E-state index contributed by atoms with van der Waals surface area (Å²) in [5.41, 5.74) is 3.39. The molecule has 0 unspecified atom stereocenters. The molecule has 0 aliphatic rings. The van der Waals surface area contributed by atoms with Crippen LogP contribution in [0.25, 0.3) is 5.69 Å². The van der Waals surface area contributed by atoms with Crippen LogP contribution in [0.1, 0.15) is 44.4 Å². The van der Waals surface area contributed by atoms with Gasteiger partial charge in [0.1, 0.15) is 0 Å². The van der Waals surface area contributed by atoms with Crippen molar-refractivity contribution in [1.82, 2.24) is 20.1 Å². The first kappa shape index (κ1) is 13.7. The van der Waals surface area contributed by atoms with Gasteiger partial charge in [0.2, 0.25) is 0 Å². The van der Waals surface area contributed by atoms with E-state index in [2.05, 4.69) is 48.3 Å². The minimum atomic E-state index is 0.444. The fraction of sp³-hybridized carbons (Fsp3) is 0.467. The molecule has 2 aromatic rings. The van der Waals surface area contributed by atoms with Gasteiger partial charge in [0.15, 0.2) is 0 Å². The van der Waals surface area contributed by atoms with E-state index in [-0.39, 0.29) is 0 Å². The van der Waals surface area contributed by atoms with Gasteiger partial charge in [0.25, 0.3) is 0 Å². The van der Waals surface area contributed by atoms with E-state index in [0.29, 0.717) is 5.92 Å². The predicted octanol–water partition coefficient (Wildman–Crippen LogP) is 2.89. The quantitative estimate of drug-likeness (QED) is 0.810. The first-order chi connectivity index (χ1) is 9.22. The zero-order valence-corrected chi connectivity index (χ0v) is 11.9. The zero-order valence-electron chi connectivity index (χ0n) is 11.9. The highest BCUT2D eigenvalue weighted by molar-refractivity contribution is 5.37. The number of hydrogen-bond acceptors (Lipinski definition) is 3. The van der Waals surface area contributed by atoms with E-state index in [1.165, 1.54) is 5.56 Å². The van der Waals surface area contributed by atoms with Gasteiger partial charge >= 0.3 is 0 Å². The lowest BCUT2D eigenvalue weighted by atomic mass is 10.1. The summed E-state index contributed by atoms with van der Waals surface area (Å²) in [5, 5.41) is 8.04. The van der Waals surface area contributed by atoms with Crippen molar-refractivity contribution < 1.29 is 0 Å². The molecule has 0 spiro atoms. The van der Waals surface area contributed by atoms with Crippen LogP contribution >= 0.6 is 0 Å². The zero-order chi connectivity index (χ0) is 13.7. The largest absolute Gasteiger partial charge is 0.313 e. The Morgan fingerprint density at radius 3 is 2.84 bits per heavy atom. The summed E-state index contributed by atoms with van der Waals surface area (Å²) in [6, 6.07) is 4.12. The van der Waals surface area contributed by atoms with E-state index in [1.807, 2.05) is 23.3 Å². The monoisotopic (exact) mass is 258 g/mol. The van der Waals surface area contributed by atoms with Crippen molar-refractivity contribution in [3.63, 3.8) is 0 Å². The summed E-state index contributed by atoms with van der Waals surface area (Å²) in [6.45, 7) is 8.35. The van der Waals surface area contributed by atoms with Crippen molar-refractivity contribution in [2.75, 3.05) is 6.54 Å². The summed E-state index contributed by atoms with van der Waals surface area (Å²) in [5.74, 6) is 0.444. The SMILES string of the molecule is CCCNCc1ccncc1-n1ccc(C(C)C)n1.